The van der Waals surface area contributed by atoms with Crippen molar-refractivity contribution in [2.75, 3.05) is 26.8 Å². The van der Waals surface area contributed by atoms with Crippen molar-refractivity contribution in [2.24, 2.45) is 23.7 Å². The molecular weight excluding hydrogens is 677 g/mol. The highest BCUT2D eigenvalue weighted by molar-refractivity contribution is 6.36. The predicted octanol–water partition coefficient (Wildman–Crippen LogP) is 5.10. The standard InChI is InChI=1S/C35H31Cl2N3O9/c1-47-19-7-4-16(5-8-19)35-23(32(43)39(34(35)45)38-25-11-6-17(36)12-24(25)37)15-22-20(9-10-21-28(22)33(44)40(46)31(21)42)30(35)29-26(48-2)13-18(41)14-27(29)49-3/h4-9,11-14,21-23,28,30,38,41,46H,10,15H2,1-3H3/t21-,22+,23-,28-,30+,35+/m0/s1. The fraction of sp³-hybridized carbons (Fsp3) is 0.314. The Labute approximate surface area is 290 Å². The van der Waals surface area contributed by atoms with Crippen molar-refractivity contribution in [3.05, 3.63) is 87.4 Å². The zero-order valence-electron chi connectivity index (χ0n) is 26.5. The lowest BCUT2D eigenvalue weighted by Crippen LogP contribution is -2.53. The fourth-order valence-electron chi connectivity index (χ4n) is 8.35. The van der Waals surface area contributed by atoms with Gasteiger partial charge in [-0.25, -0.2) is 0 Å². The lowest BCUT2D eigenvalue weighted by atomic mass is 9.49. The summed E-state index contributed by atoms with van der Waals surface area (Å²) < 4.78 is 17.0. The highest BCUT2D eigenvalue weighted by Gasteiger charge is 2.71. The van der Waals surface area contributed by atoms with Gasteiger partial charge in [0.15, 0.2) is 0 Å². The number of ether oxygens (including phenoxy) is 3. The molecule has 2 heterocycles. The summed E-state index contributed by atoms with van der Waals surface area (Å²) in [4.78, 5) is 56.6. The summed E-state index contributed by atoms with van der Waals surface area (Å²) >= 11 is 12.6. The molecule has 2 saturated heterocycles. The van der Waals surface area contributed by atoms with E-state index in [4.69, 9.17) is 37.4 Å². The number of hydroxylamine groups is 2. The van der Waals surface area contributed by atoms with Crippen LogP contribution in [0.15, 0.2) is 66.2 Å². The fourth-order valence-corrected chi connectivity index (χ4v) is 8.80. The van der Waals surface area contributed by atoms with E-state index in [1.165, 1.54) is 39.5 Å². The van der Waals surface area contributed by atoms with Crippen molar-refractivity contribution < 1.29 is 43.7 Å². The van der Waals surface area contributed by atoms with Crippen LogP contribution >= 0.6 is 23.2 Å². The Morgan fingerprint density at radius 2 is 1.53 bits per heavy atom. The van der Waals surface area contributed by atoms with Crippen molar-refractivity contribution in [3.63, 3.8) is 0 Å². The summed E-state index contributed by atoms with van der Waals surface area (Å²) in [5.41, 5.74) is 2.89. The lowest BCUT2D eigenvalue weighted by molar-refractivity contribution is -0.173. The topological polar surface area (TPSA) is 155 Å². The number of allylic oxidation sites excluding steroid dienone is 2. The van der Waals surface area contributed by atoms with Crippen molar-refractivity contribution in [3.8, 4) is 23.0 Å². The van der Waals surface area contributed by atoms with E-state index in [1.54, 1.807) is 36.4 Å². The Kier molecular flexibility index (Phi) is 8.00. The molecule has 0 aromatic heterocycles. The van der Waals surface area contributed by atoms with Crippen molar-refractivity contribution >= 4 is 52.5 Å². The molecule has 3 N–H and O–H groups in total. The number of methoxy groups -OCH3 is 3. The first-order valence-corrected chi connectivity index (χ1v) is 16.2. The number of anilines is 1. The number of benzene rings is 3. The molecule has 2 aliphatic carbocycles. The van der Waals surface area contributed by atoms with Gasteiger partial charge < -0.3 is 19.3 Å². The highest BCUT2D eigenvalue weighted by atomic mass is 35.5. The van der Waals surface area contributed by atoms with Crippen LogP contribution in [0.5, 0.6) is 23.0 Å². The van der Waals surface area contributed by atoms with Crippen LogP contribution in [0.2, 0.25) is 10.0 Å². The van der Waals surface area contributed by atoms with Crippen LogP contribution in [0.3, 0.4) is 0 Å². The highest BCUT2D eigenvalue weighted by Crippen LogP contribution is 2.66. The number of hydrazine groups is 1. The van der Waals surface area contributed by atoms with Crippen LogP contribution in [0.1, 0.15) is 29.9 Å². The Morgan fingerprint density at radius 1 is 0.857 bits per heavy atom. The number of imide groups is 2. The molecule has 49 heavy (non-hydrogen) atoms. The number of halogens is 2. The average molecular weight is 709 g/mol. The van der Waals surface area contributed by atoms with E-state index >= 15 is 4.79 Å². The van der Waals surface area contributed by atoms with E-state index in [-0.39, 0.29) is 45.9 Å². The molecule has 4 aliphatic rings. The van der Waals surface area contributed by atoms with Crippen LogP contribution in [-0.4, -0.2) is 65.3 Å². The molecule has 6 atom stereocenters. The van der Waals surface area contributed by atoms with E-state index in [1.807, 2.05) is 6.08 Å². The predicted molar refractivity (Wildman–Crippen MR) is 175 cm³/mol. The van der Waals surface area contributed by atoms with Gasteiger partial charge in [0.25, 0.3) is 23.6 Å². The number of aromatic hydroxyl groups is 1. The number of hydrogen-bond acceptors (Lipinski definition) is 10. The second kappa shape index (κ2) is 12.0. The third kappa shape index (κ3) is 4.68. The maximum absolute atomic E-state index is 15.3. The number of carbonyl (C=O) groups is 4. The third-order valence-corrected chi connectivity index (χ3v) is 10.9. The van der Waals surface area contributed by atoms with Crippen LogP contribution in [0.25, 0.3) is 0 Å². The largest absolute Gasteiger partial charge is 0.508 e. The molecule has 254 valence electrons. The minimum Gasteiger partial charge on any atom is -0.508 e. The van der Waals surface area contributed by atoms with Gasteiger partial charge in [0, 0.05) is 28.6 Å². The second-order valence-electron chi connectivity index (χ2n) is 12.5. The molecule has 14 heteroatoms. The summed E-state index contributed by atoms with van der Waals surface area (Å²) in [5, 5.41) is 22.7. The minimum atomic E-state index is -1.69. The van der Waals surface area contributed by atoms with Gasteiger partial charge in [0.2, 0.25) is 0 Å². The Balaban J connectivity index is 1.53. The first kappa shape index (κ1) is 32.8. The molecular formula is C35H31Cl2N3O9. The summed E-state index contributed by atoms with van der Waals surface area (Å²) in [6, 6.07) is 14.2. The van der Waals surface area contributed by atoms with Gasteiger partial charge >= 0.3 is 0 Å². The van der Waals surface area contributed by atoms with Crippen LogP contribution in [0.4, 0.5) is 5.69 Å². The van der Waals surface area contributed by atoms with Crippen LogP contribution < -0.4 is 19.6 Å². The number of carbonyl (C=O) groups excluding carboxylic acids is 4. The Morgan fingerprint density at radius 3 is 2.14 bits per heavy atom. The molecule has 3 aromatic rings. The molecule has 0 unspecified atom stereocenters. The van der Waals surface area contributed by atoms with Gasteiger partial charge in [0.05, 0.1) is 55.2 Å². The summed E-state index contributed by atoms with van der Waals surface area (Å²) in [6.07, 6.45) is 1.91. The van der Waals surface area contributed by atoms with E-state index in [0.29, 0.717) is 27.5 Å². The molecule has 0 radical (unpaired) electrons. The van der Waals surface area contributed by atoms with Crippen molar-refractivity contribution in [1.29, 1.82) is 0 Å². The smallest absolute Gasteiger partial charge is 0.260 e. The maximum atomic E-state index is 15.3. The number of phenolic OH excluding ortho intramolecular Hbond substituents is 1. The zero-order chi connectivity index (χ0) is 34.9. The number of rotatable bonds is 7. The molecule has 4 amide bonds. The molecule has 2 aliphatic heterocycles. The summed E-state index contributed by atoms with van der Waals surface area (Å²) in [6.45, 7) is 0. The summed E-state index contributed by atoms with van der Waals surface area (Å²) in [5.74, 6) is -6.76. The maximum Gasteiger partial charge on any atom is 0.260 e. The molecule has 0 bridgehead atoms. The van der Waals surface area contributed by atoms with Crippen LogP contribution in [-0.2, 0) is 24.6 Å². The lowest BCUT2D eigenvalue weighted by Gasteiger charge is -2.50. The molecule has 3 aromatic carbocycles. The quantitative estimate of drug-likeness (QED) is 0.172. The second-order valence-corrected chi connectivity index (χ2v) is 13.3. The van der Waals surface area contributed by atoms with Crippen molar-refractivity contribution in [1.82, 2.24) is 10.1 Å². The van der Waals surface area contributed by atoms with E-state index < -0.39 is 58.6 Å². The minimum absolute atomic E-state index is 0.0117. The van der Waals surface area contributed by atoms with Gasteiger partial charge in [-0.2, -0.15) is 10.1 Å². The van der Waals surface area contributed by atoms with Crippen LogP contribution in [0, 0.1) is 23.7 Å². The third-order valence-electron chi connectivity index (χ3n) is 10.4. The van der Waals surface area contributed by atoms with Crippen molar-refractivity contribution in [2.45, 2.75) is 24.2 Å². The monoisotopic (exact) mass is 707 g/mol. The SMILES string of the molecule is COc1ccc([C@@]23C(=O)N(Nc4ccc(Cl)cc4Cl)C(=O)[C@@H]2C[C@@H]2C(=CC[C@@H]4C(=O)N(O)C(=O)[C@@H]42)[C@@H]3c2c(OC)cc(O)cc2OC)cc1. The van der Waals surface area contributed by atoms with E-state index in [9.17, 15) is 24.7 Å². The number of hydrogen-bond donors (Lipinski definition) is 3. The Bertz CT molecular complexity index is 1930. The zero-order valence-corrected chi connectivity index (χ0v) is 28.0. The normalized spacial score (nSPS) is 27.4. The molecule has 1 saturated carbocycles. The first-order valence-electron chi connectivity index (χ1n) is 15.4. The molecule has 0 spiro atoms. The average Bonchev–Trinajstić information content (AvgIpc) is 3.45. The van der Waals surface area contributed by atoms with E-state index in [0.717, 1.165) is 5.01 Å². The van der Waals surface area contributed by atoms with Gasteiger partial charge in [0.1, 0.15) is 23.0 Å². The van der Waals surface area contributed by atoms with Gasteiger partial charge in [-0.1, -0.05) is 47.0 Å². The number of nitrogens with zero attached hydrogens (tertiary/aromatic N) is 2. The number of fused-ring (bicyclic) bond motifs is 4. The molecule has 3 fully saturated rings. The number of phenols is 1. The van der Waals surface area contributed by atoms with E-state index in [2.05, 4.69) is 5.43 Å². The molecule has 12 nitrogen and oxygen atoms in total. The molecule has 7 rings (SSSR count). The van der Waals surface area contributed by atoms with Gasteiger partial charge in [-0.05, 0) is 54.7 Å². The number of nitrogens with one attached hydrogen (secondary N) is 1. The number of amides is 4. The van der Waals surface area contributed by atoms with Gasteiger partial charge in [-0.3, -0.25) is 29.8 Å². The Hall–Kier alpha value is -4.78. The first-order chi connectivity index (χ1) is 23.5. The van der Waals surface area contributed by atoms with Gasteiger partial charge in [-0.15, -0.1) is 0 Å². The summed E-state index contributed by atoms with van der Waals surface area (Å²) in [7, 11) is 4.32.